The Hall–Kier alpha value is 0.160. The highest BCUT2D eigenvalue weighted by molar-refractivity contribution is 14.1. The van der Waals surface area contributed by atoms with E-state index in [9.17, 15) is 9.90 Å². The molecule has 4 heteroatoms. The van der Waals surface area contributed by atoms with Crippen molar-refractivity contribution in [1.29, 1.82) is 0 Å². The highest BCUT2D eigenvalue weighted by atomic mass is 127. The molecule has 0 saturated heterocycles. The molecule has 0 aromatic carbocycles. The van der Waals surface area contributed by atoms with Gasteiger partial charge in [-0.15, -0.1) is 0 Å². The number of carbonyl (C=O) groups is 1. The van der Waals surface area contributed by atoms with Gasteiger partial charge in [0.1, 0.15) is 15.1 Å². The van der Waals surface area contributed by atoms with E-state index in [1.165, 1.54) is 0 Å². The number of halogens is 1. The van der Waals surface area contributed by atoms with Crippen molar-refractivity contribution in [3.63, 3.8) is 0 Å². The molecule has 94 valence electrons. The van der Waals surface area contributed by atoms with Crippen molar-refractivity contribution < 1.29 is 14.6 Å². The van der Waals surface area contributed by atoms with Gasteiger partial charge in [0.15, 0.2) is 0 Å². The highest BCUT2D eigenvalue weighted by Gasteiger charge is 2.44. The monoisotopic (exact) mass is 340 g/mol. The zero-order chi connectivity index (χ0) is 12.4. The summed E-state index contributed by atoms with van der Waals surface area (Å²) in [5.41, 5.74) is -0.796. The Morgan fingerprint density at radius 3 is 2.75 bits per heavy atom. The first-order valence-corrected chi connectivity index (χ1v) is 7.06. The Morgan fingerprint density at radius 2 is 2.25 bits per heavy atom. The van der Waals surface area contributed by atoms with Crippen LogP contribution in [0.5, 0.6) is 0 Å². The summed E-state index contributed by atoms with van der Waals surface area (Å²) in [4.78, 5) is 11.9. The maximum atomic E-state index is 11.9. The van der Waals surface area contributed by atoms with Gasteiger partial charge in [-0.25, -0.2) is 0 Å². The van der Waals surface area contributed by atoms with Crippen molar-refractivity contribution in [1.82, 2.24) is 0 Å². The standard InChI is InChI=1S/C12H21IO3/c1-4-11(3,13)10(14)16-9-7-6-8-12(9,15)5-2/h9,15H,4-8H2,1-3H3. The molecule has 16 heavy (non-hydrogen) atoms. The predicted octanol–water partition coefficient (Wildman–Crippen LogP) is 2.83. The van der Waals surface area contributed by atoms with E-state index in [4.69, 9.17) is 4.74 Å². The SMILES string of the molecule is CCC(C)(I)C(=O)OC1CCCC1(O)CC. The second-order valence-electron chi connectivity index (χ2n) is 4.79. The van der Waals surface area contributed by atoms with Gasteiger partial charge in [-0.3, -0.25) is 4.79 Å². The summed E-state index contributed by atoms with van der Waals surface area (Å²) in [5, 5.41) is 10.3. The lowest BCUT2D eigenvalue weighted by atomic mass is 9.96. The molecule has 0 aliphatic heterocycles. The molecule has 1 aliphatic rings. The maximum absolute atomic E-state index is 11.9. The van der Waals surface area contributed by atoms with Crippen molar-refractivity contribution in [2.45, 2.75) is 68.0 Å². The number of hydrogen-bond donors (Lipinski definition) is 1. The number of aliphatic hydroxyl groups is 1. The topological polar surface area (TPSA) is 46.5 Å². The van der Waals surface area contributed by atoms with E-state index in [1.807, 2.05) is 20.8 Å². The molecule has 0 aromatic heterocycles. The zero-order valence-corrected chi connectivity index (χ0v) is 12.4. The first-order chi connectivity index (χ1) is 7.35. The zero-order valence-electron chi connectivity index (χ0n) is 10.3. The minimum Gasteiger partial charge on any atom is -0.458 e. The number of alkyl halides is 1. The van der Waals surface area contributed by atoms with Crippen LogP contribution in [-0.4, -0.2) is 26.2 Å². The average molecular weight is 340 g/mol. The molecule has 3 unspecified atom stereocenters. The van der Waals surface area contributed by atoms with Crippen LogP contribution < -0.4 is 0 Å². The van der Waals surface area contributed by atoms with Crippen LogP contribution in [-0.2, 0) is 9.53 Å². The maximum Gasteiger partial charge on any atom is 0.322 e. The van der Waals surface area contributed by atoms with Gasteiger partial charge >= 0.3 is 5.97 Å². The Bertz CT molecular complexity index is 265. The minimum atomic E-state index is -0.796. The molecule has 0 aromatic rings. The molecule has 1 fully saturated rings. The van der Waals surface area contributed by atoms with Crippen LogP contribution in [0.1, 0.15) is 52.9 Å². The number of rotatable bonds is 4. The minimum absolute atomic E-state index is 0.200. The fourth-order valence-electron chi connectivity index (χ4n) is 1.99. The van der Waals surface area contributed by atoms with Gasteiger partial charge in [0.05, 0.1) is 0 Å². The van der Waals surface area contributed by atoms with Crippen LogP contribution >= 0.6 is 22.6 Å². The van der Waals surface area contributed by atoms with Crippen molar-refractivity contribution in [3.05, 3.63) is 0 Å². The van der Waals surface area contributed by atoms with Gasteiger partial charge in [-0.2, -0.15) is 0 Å². The van der Waals surface area contributed by atoms with E-state index >= 15 is 0 Å². The van der Waals surface area contributed by atoms with E-state index < -0.39 is 9.02 Å². The van der Waals surface area contributed by atoms with Crippen LogP contribution in [0.3, 0.4) is 0 Å². The summed E-state index contributed by atoms with van der Waals surface area (Å²) in [6.07, 6.45) is 3.54. The summed E-state index contributed by atoms with van der Waals surface area (Å²) >= 11 is 2.12. The fraction of sp³-hybridized carbons (Fsp3) is 0.917. The summed E-state index contributed by atoms with van der Waals surface area (Å²) < 4.78 is 5.00. The van der Waals surface area contributed by atoms with Gasteiger partial charge in [-0.05, 0) is 39.0 Å². The van der Waals surface area contributed by atoms with E-state index in [2.05, 4.69) is 22.6 Å². The number of hydrogen-bond acceptors (Lipinski definition) is 3. The fourth-order valence-corrected chi connectivity index (χ4v) is 2.12. The Labute approximate surface area is 111 Å². The van der Waals surface area contributed by atoms with E-state index in [0.717, 1.165) is 25.7 Å². The number of esters is 1. The van der Waals surface area contributed by atoms with Gasteiger partial charge in [0.2, 0.25) is 0 Å². The van der Waals surface area contributed by atoms with E-state index in [0.29, 0.717) is 6.42 Å². The summed E-state index contributed by atoms with van der Waals surface area (Å²) in [6.45, 7) is 5.78. The largest absolute Gasteiger partial charge is 0.458 e. The predicted molar refractivity (Wildman–Crippen MR) is 71.7 cm³/mol. The van der Waals surface area contributed by atoms with Crippen molar-refractivity contribution in [2.24, 2.45) is 0 Å². The van der Waals surface area contributed by atoms with Crippen LogP contribution in [0.15, 0.2) is 0 Å². The van der Waals surface area contributed by atoms with Crippen molar-refractivity contribution >= 4 is 28.6 Å². The lowest BCUT2D eigenvalue weighted by molar-refractivity contribution is -0.163. The molecule has 1 N–H and O–H groups in total. The number of ether oxygens (including phenoxy) is 1. The molecule has 0 spiro atoms. The second-order valence-corrected chi connectivity index (χ2v) is 7.18. The van der Waals surface area contributed by atoms with Crippen molar-refractivity contribution in [3.8, 4) is 0 Å². The third kappa shape index (κ3) is 2.88. The normalized spacial score (nSPS) is 33.4. The molecular formula is C12H21IO3. The average Bonchev–Trinajstić information content (AvgIpc) is 2.61. The molecule has 3 nitrogen and oxygen atoms in total. The third-order valence-corrected chi connectivity index (χ3v) is 4.83. The summed E-state index contributed by atoms with van der Waals surface area (Å²) in [7, 11) is 0. The molecule has 3 atom stereocenters. The quantitative estimate of drug-likeness (QED) is 0.486. The molecule has 0 amide bonds. The molecule has 1 saturated carbocycles. The lowest BCUT2D eigenvalue weighted by Crippen LogP contribution is -2.43. The van der Waals surface area contributed by atoms with Crippen molar-refractivity contribution in [2.75, 3.05) is 0 Å². The molecule has 1 rings (SSSR count). The van der Waals surface area contributed by atoms with Gasteiger partial charge in [-0.1, -0.05) is 36.4 Å². The summed E-state index contributed by atoms with van der Waals surface area (Å²) in [5.74, 6) is -0.200. The Balaban J connectivity index is 2.64. The Kier molecular flexibility index (Phi) is 4.63. The smallest absolute Gasteiger partial charge is 0.322 e. The molecule has 1 aliphatic carbocycles. The Morgan fingerprint density at radius 1 is 1.62 bits per heavy atom. The van der Waals surface area contributed by atoms with Gasteiger partial charge < -0.3 is 9.84 Å². The number of carbonyl (C=O) groups excluding carboxylic acids is 1. The lowest BCUT2D eigenvalue weighted by Gasteiger charge is -2.30. The third-order valence-electron chi connectivity index (χ3n) is 3.63. The van der Waals surface area contributed by atoms with Crippen LogP contribution in [0.2, 0.25) is 0 Å². The van der Waals surface area contributed by atoms with Gasteiger partial charge in [0, 0.05) is 0 Å². The van der Waals surface area contributed by atoms with Gasteiger partial charge in [0.25, 0.3) is 0 Å². The first kappa shape index (κ1) is 14.2. The molecule has 0 radical (unpaired) electrons. The second kappa shape index (κ2) is 5.21. The first-order valence-electron chi connectivity index (χ1n) is 5.98. The van der Waals surface area contributed by atoms with Crippen LogP contribution in [0.4, 0.5) is 0 Å². The molecule has 0 heterocycles. The van der Waals surface area contributed by atoms with E-state index in [-0.39, 0.29) is 12.1 Å². The molecule has 0 bridgehead atoms. The highest BCUT2D eigenvalue weighted by Crippen LogP contribution is 2.36. The molecular weight excluding hydrogens is 319 g/mol. The van der Waals surface area contributed by atoms with Crippen LogP contribution in [0.25, 0.3) is 0 Å². The van der Waals surface area contributed by atoms with Crippen LogP contribution in [0, 0.1) is 0 Å². The summed E-state index contributed by atoms with van der Waals surface area (Å²) in [6, 6.07) is 0. The van der Waals surface area contributed by atoms with E-state index in [1.54, 1.807) is 0 Å².